The molecule has 0 saturated carbocycles. The molecule has 1 atom stereocenters. The van der Waals surface area contributed by atoms with E-state index in [4.69, 9.17) is 0 Å². The highest BCUT2D eigenvalue weighted by Crippen LogP contribution is 2.23. The Kier molecular flexibility index (Phi) is 3.97. The predicted octanol–water partition coefficient (Wildman–Crippen LogP) is 3.98. The van der Waals surface area contributed by atoms with Crippen molar-refractivity contribution in [3.05, 3.63) is 37.5 Å². The Balaban J connectivity index is 2.00. The summed E-state index contributed by atoms with van der Waals surface area (Å²) >= 11 is 3.54. The Morgan fingerprint density at radius 3 is 2.59 bits per heavy atom. The number of hydrogen-bond donors (Lipinski definition) is 1. The molecule has 2 rings (SSSR count). The fourth-order valence-corrected chi connectivity index (χ4v) is 3.65. The molecular weight excluding hydrogens is 248 g/mol. The van der Waals surface area contributed by atoms with Crippen molar-refractivity contribution in [3.63, 3.8) is 0 Å². The molecule has 92 valence electrons. The van der Waals surface area contributed by atoms with Crippen LogP contribution in [-0.2, 0) is 6.54 Å². The molecule has 2 nitrogen and oxygen atoms in total. The van der Waals surface area contributed by atoms with Gasteiger partial charge < -0.3 is 5.32 Å². The van der Waals surface area contributed by atoms with Gasteiger partial charge in [0.15, 0.2) is 0 Å². The van der Waals surface area contributed by atoms with Crippen LogP contribution < -0.4 is 5.32 Å². The summed E-state index contributed by atoms with van der Waals surface area (Å²) in [7, 11) is 0. The zero-order valence-electron chi connectivity index (χ0n) is 10.7. The molecular formula is C13H18N2S2. The Morgan fingerprint density at radius 2 is 2.06 bits per heavy atom. The summed E-state index contributed by atoms with van der Waals surface area (Å²) in [5.74, 6) is 0. The smallest absolute Gasteiger partial charge is 0.0900 e. The molecule has 0 aromatic carbocycles. The van der Waals surface area contributed by atoms with Gasteiger partial charge in [0.05, 0.1) is 10.7 Å². The second-order valence-corrected chi connectivity index (χ2v) is 6.51. The maximum absolute atomic E-state index is 4.59. The lowest BCUT2D eigenvalue weighted by molar-refractivity contribution is 0.561. The van der Waals surface area contributed by atoms with Gasteiger partial charge in [0, 0.05) is 17.5 Å². The molecule has 0 fully saturated rings. The summed E-state index contributed by atoms with van der Waals surface area (Å²) in [4.78, 5) is 5.91. The van der Waals surface area contributed by atoms with Gasteiger partial charge >= 0.3 is 0 Å². The van der Waals surface area contributed by atoms with Crippen molar-refractivity contribution in [1.29, 1.82) is 0 Å². The third-order valence-corrected chi connectivity index (χ3v) is 4.72. The van der Waals surface area contributed by atoms with Gasteiger partial charge in [0.2, 0.25) is 0 Å². The first kappa shape index (κ1) is 12.7. The van der Waals surface area contributed by atoms with Gasteiger partial charge in [-0.2, -0.15) is 11.3 Å². The fraction of sp³-hybridized carbons (Fsp3) is 0.462. The number of aromatic nitrogens is 1. The first-order valence-electron chi connectivity index (χ1n) is 5.77. The van der Waals surface area contributed by atoms with Crippen molar-refractivity contribution < 1.29 is 0 Å². The summed E-state index contributed by atoms with van der Waals surface area (Å²) in [5, 5.41) is 9.11. The maximum Gasteiger partial charge on any atom is 0.0900 e. The van der Waals surface area contributed by atoms with Gasteiger partial charge in [-0.1, -0.05) is 0 Å². The van der Waals surface area contributed by atoms with E-state index in [1.54, 1.807) is 22.7 Å². The van der Waals surface area contributed by atoms with Crippen molar-refractivity contribution >= 4 is 22.7 Å². The van der Waals surface area contributed by atoms with Gasteiger partial charge in [0.1, 0.15) is 0 Å². The summed E-state index contributed by atoms with van der Waals surface area (Å²) in [6.07, 6.45) is 0. The highest BCUT2D eigenvalue weighted by Gasteiger charge is 2.12. The summed E-state index contributed by atoms with van der Waals surface area (Å²) in [6.45, 7) is 9.48. The number of nitrogens with zero attached hydrogens (tertiary/aromatic N) is 1. The lowest BCUT2D eigenvalue weighted by Crippen LogP contribution is -2.19. The van der Waals surface area contributed by atoms with Crippen molar-refractivity contribution in [1.82, 2.24) is 10.3 Å². The molecule has 0 aliphatic rings. The highest BCUT2D eigenvalue weighted by atomic mass is 32.1. The molecule has 0 amide bonds. The van der Waals surface area contributed by atoms with Crippen LogP contribution in [0.3, 0.4) is 0 Å². The second kappa shape index (κ2) is 5.29. The zero-order chi connectivity index (χ0) is 12.4. The van der Waals surface area contributed by atoms with Crippen molar-refractivity contribution in [2.75, 3.05) is 0 Å². The number of rotatable bonds is 4. The van der Waals surface area contributed by atoms with E-state index in [9.17, 15) is 0 Å². The predicted molar refractivity (Wildman–Crippen MR) is 75.9 cm³/mol. The summed E-state index contributed by atoms with van der Waals surface area (Å²) < 4.78 is 0. The average Bonchev–Trinajstić information content (AvgIpc) is 2.81. The molecule has 1 N–H and O–H groups in total. The molecule has 0 bridgehead atoms. The summed E-state index contributed by atoms with van der Waals surface area (Å²) in [5.41, 5.74) is 3.97. The minimum Gasteiger partial charge on any atom is -0.305 e. The Labute approximate surface area is 111 Å². The minimum atomic E-state index is 0.319. The Hall–Kier alpha value is -0.710. The van der Waals surface area contributed by atoms with Gasteiger partial charge in [-0.15, -0.1) is 11.3 Å². The number of thiophene rings is 1. The lowest BCUT2D eigenvalue weighted by Gasteiger charge is -2.12. The van der Waals surface area contributed by atoms with Gasteiger partial charge in [-0.3, -0.25) is 0 Å². The van der Waals surface area contributed by atoms with Gasteiger partial charge in [-0.05, 0) is 49.6 Å². The third-order valence-electron chi connectivity index (χ3n) is 2.91. The molecule has 1 unspecified atom stereocenters. The van der Waals surface area contributed by atoms with E-state index in [1.165, 1.54) is 21.7 Å². The van der Waals surface area contributed by atoms with Crippen LogP contribution in [0.25, 0.3) is 0 Å². The van der Waals surface area contributed by atoms with Crippen LogP contribution in [0.15, 0.2) is 10.8 Å². The maximum atomic E-state index is 4.59. The largest absolute Gasteiger partial charge is 0.305 e. The second-order valence-electron chi connectivity index (χ2n) is 4.36. The fourth-order valence-electron chi connectivity index (χ4n) is 1.87. The van der Waals surface area contributed by atoms with Crippen molar-refractivity contribution in [2.45, 2.75) is 40.3 Å². The first-order valence-corrected chi connectivity index (χ1v) is 7.53. The average molecular weight is 266 g/mol. The van der Waals surface area contributed by atoms with E-state index in [1.807, 2.05) is 0 Å². The summed E-state index contributed by atoms with van der Waals surface area (Å²) in [6, 6.07) is 0.319. The third kappa shape index (κ3) is 2.94. The van der Waals surface area contributed by atoms with Crippen LogP contribution >= 0.6 is 22.7 Å². The standard InChI is InChI=1S/C13H18N2S2/c1-8-6-16-7-12(8)5-14-9(2)13-10(3)17-11(4)15-13/h6-7,9,14H,5H2,1-4H3. The van der Waals surface area contributed by atoms with E-state index in [-0.39, 0.29) is 0 Å². The van der Waals surface area contributed by atoms with E-state index in [0.717, 1.165) is 11.6 Å². The van der Waals surface area contributed by atoms with E-state index in [0.29, 0.717) is 6.04 Å². The zero-order valence-corrected chi connectivity index (χ0v) is 12.3. The molecule has 2 aromatic rings. The SMILES string of the molecule is Cc1nc(C(C)NCc2cscc2C)c(C)s1. The van der Waals surface area contributed by atoms with E-state index >= 15 is 0 Å². The topological polar surface area (TPSA) is 24.9 Å². The Bertz CT molecular complexity index is 499. The van der Waals surface area contributed by atoms with Gasteiger partial charge in [-0.25, -0.2) is 4.98 Å². The molecule has 0 aliphatic carbocycles. The number of thiazole rings is 1. The molecule has 2 heterocycles. The van der Waals surface area contributed by atoms with Crippen LogP contribution in [0.5, 0.6) is 0 Å². The molecule has 0 radical (unpaired) electrons. The van der Waals surface area contributed by atoms with Gasteiger partial charge in [0.25, 0.3) is 0 Å². The van der Waals surface area contributed by atoms with Crippen LogP contribution in [0.1, 0.15) is 39.7 Å². The van der Waals surface area contributed by atoms with Crippen LogP contribution in [-0.4, -0.2) is 4.98 Å². The van der Waals surface area contributed by atoms with Crippen molar-refractivity contribution in [2.24, 2.45) is 0 Å². The highest BCUT2D eigenvalue weighted by molar-refractivity contribution is 7.11. The number of aryl methyl sites for hydroxylation is 3. The molecule has 0 saturated heterocycles. The van der Waals surface area contributed by atoms with Crippen LogP contribution in [0.2, 0.25) is 0 Å². The molecule has 4 heteroatoms. The lowest BCUT2D eigenvalue weighted by atomic mass is 10.2. The number of hydrogen-bond acceptors (Lipinski definition) is 4. The Morgan fingerprint density at radius 1 is 1.29 bits per heavy atom. The van der Waals surface area contributed by atoms with E-state index < -0.39 is 0 Å². The van der Waals surface area contributed by atoms with Crippen LogP contribution in [0.4, 0.5) is 0 Å². The normalized spacial score (nSPS) is 12.9. The molecule has 0 spiro atoms. The molecule has 17 heavy (non-hydrogen) atoms. The number of nitrogens with one attached hydrogen (secondary N) is 1. The van der Waals surface area contributed by atoms with Crippen molar-refractivity contribution in [3.8, 4) is 0 Å². The molecule has 0 aliphatic heterocycles. The minimum absolute atomic E-state index is 0.319. The quantitative estimate of drug-likeness (QED) is 0.905. The monoisotopic (exact) mass is 266 g/mol. The first-order chi connectivity index (χ1) is 8.08. The molecule has 2 aromatic heterocycles. The van der Waals surface area contributed by atoms with E-state index in [2.05, 4.69) is 48.8 Å². The van der Waals surface area contributed by atoms with Crippen LogP contribution in [0, 0.1) is 20.8 Å².